The molecule has 0 saturated heterocycles. The van der Waals surface area contributed by atoms with E-state index < -0.39 is 5.97 Å². The highest BCUT2D eigenvalue weighted by molar-refractivity contribution is 5.66. The molecule has 1 fully saturated rings. The largest absolute Gasteiger partial charge is 0.494 e. The number of benzene rings is 1. The number of aryl methyl sites for hydroxylation is 1. The lowest BCUT2D eigenvalue weighted by Crippen LogP contribution is -2.29. The van der Waals surface area contributed by atoms with Crippen molar-refractivity contribution in [1.29, 1.82) is 0 Å². The number of carboxylic acid groups (broad SMARTS) is 1. The Kier molecular flexibility index (Phi) is 6.05. The molecule has 0 unspecified atom stereocenters. The van der Waals surface area contributed by atoms with Crippen LogP contribution < -0.4 is 4.74 Å². The lowest BCUT2D eigenvalue weighted by molar-refractivity contribution is -0.137. The first-order valence-electron chi connectivity index (χ1n) is 7.80. The fourth-order valence-corrected chi connectivity index (χ4v) is 2.40. The molecule has 1 aromatic rings. The topological polar surface area (TPSA) is 49.8 Å². The maximum absolute atomic E-state index is 10.7. The van der Waals surface area contributed by atoms with Crippen LogP contribution in [-0.2, 0) is 4.79 Å². The standard InChI is InChI=1S/C17H25NO3/c1-14-4-8-16(9-5-14)21-13-3-2-11-18(15-6-7-15)12-10-17(19)20/h4-5,8-9,15H,2-3,6-7,10-13H2,1H3,(H,19,20). The highest BCUT2D eigenvalue weighted by atomic mass is 16.5. The van der Waals surface area contributed by atoms with Gasteiger partial charge in [-0.25, -0.2) is 0 Å². The maximum atomic E-state index is 10.7. The van der Waals surface area contributed by atoms with E-state index in [1.54, 1.807) is 0 Å². The summed E-state index contributed by atoms with van der Waals surface area (Å²) in [6.45, 7) is 4.45. The number of carboxylic acids is 1. The minimum Gasteiger partial charge on any atom is -0.494 e. The first-order valence-corrected chi connectivity index (χ1v) is 7.80. The van der Waals surface area contributed by atoms with Crippen LogP contribution in [0.4, 0.5) is 0 Å². The predicted octanol–water partition coefficient (Wildman–Crippen LogP) is 3.09. The molecular weight excluding hydrogens is 266 g/mol. The lowest BCUT2D eigenvalue weighted by atomic mass is 10.2. The molecule has 4 heteroatoms. The van der Waals surface area contributed by atoms with Crippen LogP contribution in [0.1, 0.15) is 37.7 Å². The molecule has 0 bridgehead atoms. The van der Waals surface area contributed by atoms with Crippen molar-refractivity contribution in [2.45, 2.75) is 45.1 Å². The van der Waals surface area contributed by atoms with Gasteiger partial charge in [0.2, 0.25) is 0 Å². The summed E-state index contributed by atoms with van der Waals surface area (Å²) in [7, 11) is 0. The molecule has 1 N–H and O–H groups in total. The number of rotatable bonds is 10. The van der Waals surface area contributed by atoms with Gasteiger partial charge >= 0.3 is 5.97 Å². The van der Waals surface area contributed by atoms with E-state index in [9.17, 15) is 4.79 Å². The van der Waals surface area contributed by atoms with Gasteiger partial charge in [0.25, 0.3) is 0 Å². The number of aliphatic carboxylic acids is 1. The number of unbranched alkanes of at least 4 members (excludes halogenated alkanes) is 1. The van der Waals surface area contributed by atoms with Gasteiger partial charge in [-0.1, -0.05) is 17.7 Å². The molecule has 2 rings (SSSR count). The number of carbonyl (C=O) groups is 1. The molecular formula is C17H25NO3. The van der Waals surface area contributed by atoms with Crippen molar-refractivity contribution in [2.75, 3.05) is 19.7 Å². The third kappa shape index (κ3) is 6.17. The molecule has 0 amide bonds. The van der Waals surface area contributed by atoms with Crippen molar-refractivity contribution in [3.05, 3.63) is 29.8 Å². The Bertz CT molecular complexity index is 440. The second-order valence-electron chi connectivity index (χ2n) is 5.78. The van der Waals surface area contributed by atoms with Crippen molar-refractivity contribution in [2.24, 2.45) is 0 Å². The minimum absolute atomic E-state index is 0.246. The quantitative estimate of drug-likeness (QED) is 0.673. The summed E-state index contributed by atoms with van der Waals surface area (Å²) in [5.74, 6) is 0.217. The van der Waals surface area contributed by atoms with E-state index >= 15 is 0 Å². The van der Waals surface area contributed by atoms with Gasteiger partial charge in [-0.3, -0.25) is 9.69 Å². The maximum Gasteiger partial charge on any atom is 0.304 e. The molecule has 4 nitrogen and oxygen atoms in total. The molecule has 21 heavy (non-hydrogen) atoms. The summed E-state index contributed by atoms with van der Waals surface area (Å²) in [5, 5.41) is 8.77. The fourth-order valence-electron chi connectivity index (χ4n) is 2.40. The summed E-state index contributed by atoms with van der Waals surface area (Å²) >= 11 is 0. The van der Waals surface area contributed by atoms with Crippen LogP contribution in [0.3, 0.4) is 0 Å². The zero-order valence-electron chi connectivity index (χ0n) is 12.8. The van der Waals surface area contributed by atoms with Gasteiger partial charge in [0.05, 0.1) is 13.0 Å². The van der Waals surface area contributed by atoms with Gasteiger partial charge in [-0.15, -0.1) is 0 Å². The second kappa shape index (κ2) is 8.03. The lowest BCUT2D eigenvalue weighted by Gasteiger charge is -2.20. The molecule has 0 aromatic heterocycles. The molecule has 116 valence electrons. The summed E-state index contributed by atoms with van der Waals surface area (Å²) < 4.78 is 5.70. The summed E-state index contributed by atoms with van der Waals surface area (Å²) in [6.07, 6.45) is 4.75. The van der Waals surface area contributed by atoms with E-state index in [0.717, 1.165) is 31.7 Å². The number of ether oxygens (including phenoxy) is 1. The first kappa shape index (κ1) is 15.8. The van der Waals surface area contributed by atoms with E-state index in [0.29, 0.717) is 12.6 Å². The Morgan fingerprint density at radius 1 is 1.24 bits per heavy atom. The van der Waals surface area contributed by atoms with Gasteiger partial charge in [0.15, 0.2) is 0 Å². The van der Waals surface area contributed by atoms with E-state index in [1.165, 1.54) is 18.4 Å². The molecule has 0 spiro atoms. The van der Waals surface area contributed by atoms with E-state index in [-0.39, 0.29) is 6.42 Å². The molecule has 1 aliphatic carbocycles. The third-order valence-electron chi connectivity index (χ3n) is 3.81. The highest BCUT2D eigenvalue weighted by Gasteiger charge is 2.28. The molecule has 0 atom stereocenters. The van der Waals surface area contributed by atoms with Crippen LogP contribution in [0.25, 0.3) is 0 Å². The zero-order chi connectivity index (χ0) is 15.1. The normalized spacial score (nSPS) is 14.4. The van der Waals surface area contributed by atoms with E-state index in [1.807, 2.05) is 12.1 Å². The second-order valence-corrected chi connectivity index (χ2v) is 5.78. The molecule has 0 radical (unpaired) electrons. The average molecular weight is 291 g/mol. The van der Waals surface area contributed by atoms with Crippen molar-refractivity contribution >= 4 is 5.97 Å². The van der Waals surface area contributed by atoms with Crippen LogP contribution in [0.15, 0.2) is 24.3 Å². The van der Waals surface area contributed by atoms with Crippen molar-refractivity contribution in [1.82, 2.24) is 4.90 Å². The van der Waals surface area contributed by atoms with E-state index in [2.05, 4.69) is 24.0 Å². The average Bonchev–Trinajstić information content (AvgIpc) is 3.28. The van der Waals surface area contributed by atoms with Crippen molar-refractivity contribution in [3.63, 3.8) is 0 Å². The van der Waals surface area contributed by atoms with E-state index in [4.69, 9.17) is 9.84 Å². The van der Waals surface area contributed by atoms with Crippen LogP contribution >= 0.6 is 0 Å². The van der Waals surface area contributed by atoms with Crippen molar-refractivity contribution in [3.8, 4) is 5.75 Å². The first-order chi connectivity index (χ1) is 10.1. The Morgan fingerprint density at radius 2 is 1.95 bits per heavy atom. The molecule has 1 saturated carbocycles. The van der Waals surface area contributed by atoms with Crippen molar-refractivity contribution < 1.29 is 14.6 Å². The van der Waals surface area contributed by atoms with Crippen LogP contribution in [-0.4, -0.2) is 41.7 Å². The highest BCUT2D eigenvalue weighted by Crippen LogP contribution is 2.27. The molecule has 1 aliphatic rings. The number of hydrogen-bond acceptors (Lipinski definition) is 3. The summed E-state index contributed by atoms with van der Waals surface area (Å²) in [4.78, 5) is 13.0. The molecule has 0 heterocycles. The molecule has 0 aliphatic heterocycles. The van der Waals surface area contributed by atoms with Crippen LogP contribution in [0.5, 0.6) is 5.75 Å². The van der Waals surface area contributed by atoms with Gasteiger partial charge in [-0.05, 0) is 51.3 Å². The third-order valence-corrected chi connectivity index (χ3v) is 3.81. The fraction of sp³-hybridized carbons (Fsp3) is 0.588. The summed E-state index contributed by atoms with van der Waals surface area (Å²) in [5.41, 5.74) is 1.24. The number of hydrogen-bond donors (Lipinski definition) is 1. The van der Waals surface area contributed by atoms with Crippen LogP contribution in [0, 0.1) is 6.92 Å². The SMILES string of the molecule is Cc1ccc(OCCCCN(CCC(=O)O)C2CC2)cc1. The molecule has 1 aromatic carbocycles. The minimum atomic E-state index is -0.705. The monoisotopic (exact) mass is 291 g/mol. The van der Waals surface area contributed by atoms with Gasteiger partial charge in [0.1, 0.15) is 5.75 Å². The zero-order valence-corrected chi connectivity index (χ0v) is 12.8. The Hall–Kier alpha value is -1.55. The smallest absolute Gasteiger partial charge is 0.304 e. The summed E-state index contributed by atoms with van der Waals surface area (Å²) in [6, 6.07) is 8.73. The van der Waals surface area contributed by atoms with Gasteiger partial charge < -0.3 is 9.84 Å². The Labute approximate surface area is 126 Å². The Balaban J connectivity index is 1.59. The Morgan fingerprint density at radius 3 is 2.57 bits per heavy atom. The van der Waals surface area contributed by atoms with Gasteiger partial charge in [-0.2, -0.15) is 0 Å². The van der Waals surface area contributed by atoms with Gasteiger partial charge in [0, 0.05) is 12.6 Å². The van der Waals surface area contributed by atoms with Crippen LogP contribution in [0.2, 0.25) is 0 Å². The number of nitrogens with zero attached hydrogens (tertiary/aromatic N) is 1. The predicted molar refractivity (Wildman–Crippen MR) is 82.8 cm³/mol.